The van der Waals surface area contributed by atoms with Crippen molar-refractivity contribution < 1.29 is 4.74 Å². The van der Waals surface area contributed by atoms with Crippen molar-refractivity contribution in [3.8, 4) is 0 Å². The Balaban J connectivity index is 1.78. The Kier molecular flexibility index (Phi) is 6.21. The van der Waals surface area contributed by atoms with Crippen molar-refractivity contribution in [3.05, 3.63) is 0 Å². The summed E-state index contributed by atoms with van der Waals surface area (Å²) in [5, 5.41) is 3.47. The van der Waals surface area contributed by atoms with E-state index in [1.54, 1.807) is 0 Å². The minimum absolute atomic E-state index is 0.554. The minimum Gasteiger partial charge on any atom is -0.378 e. The van der Waals surface area contributed by atoms with E-state index < -0.39 is 0 Å². The van der Waals surface area contributed by atoms with Crippen molar-refractivity contribution in [3.63, 3.8) is 0 Å². The van der Waals surface area contributed by atoms with Gasteiger partial charge in [-0.25, -0.2) is 0 Å². The first-order valence-electron chi connectivity index (χ1n) is 5.76. The van der Waals surface area contributed by atoms with E-state index in [-0.39, 0.29) is 0 Å². The molecule has 0 aromatic heterocycles. The zero-order chi connectivity index (χ0) is 9.36. The molecular formula is C11H23NO. The number of rotatable bonds is 7. The molecule has 78 valence electrons. The fourth-order valence-electron chi connectivity index (χ4n) is 1.76. The average molecular weight is 185 g/mol. The zero-order valence-electron chi connectivity index (χ0n) is 8.85. The second-order valence-corrected chi connectivity index (χ2v) is 3.88. The van der Waals surface area contributed by atoms with Crippen molar-refractivity contribution >= 4 is 0 Å². The van der Waals surface area contributed by atoms with Crippen LogP contribution in [0.1, 0.15) is 45.4 Å². The van der Waals surface area contributed by atoms with Crippen LogP contribution >= 0.6 is 0 Å². The lowest BCUT2D eigenvalue weighted by molar-refractivity contribution is 0.104. The molecule has 2 heteroatoms. The second-order valence-electron chi connectivity index (χ2n) is 3.88. The van der Waals surface area contributed by atoms with E-state index in [4.69, 9.17) is 4.74 Å². The standard InChI is InChI=1S/C11H23NO/c1-2-3-4-8-12-9-7-11-6-5-10-13-11/h11-12H,2-10H2,1H3. The van der Waals surface area contributed by atoms with E-state index >= 15 is 0 Å². The summed E-state index contributed by atoms with van der Waals surface area (Å²) in [6.45, 7) is 5.54. The van der Waals surface area contributed by atoms with Crippen LogP contribution in [0.15, 0.2) is 0 Å². The van der Waals surface area contributed by atoms with Gasteiger partial charge in [-0.05, 0) is 38.8 Å². The zero-order valence-corrected chi connectivity index (χ0v) is 8.85. The predicted octanol–water partition coefficient (Wildman–Crippen LogP) is 2.34. The highest BCUT2D eigenvalue weighted by Crippen LogP contribution is 2.14. The van der Waals surface area contributed by atoms with E-state index in [0.717, 1.165) is 13.2 Å². The normalized spacial score (nSPS) is 22.4. The largest absolute Gasteiger partial charge is 0.378 e. The van der Waals surface area contributed by atoms with Gasteiger partial charge in [0.25, 0.3) is 0 Å². The highest BCUT2D eigenvalue weighted by atomic mass is 16.5. The highest BCUT2D eigenvalue weighted by Gasteiger charge is 2.13. The molecule has 1 aliphatic rings. The molecule has 13 heavy (non-hydrogen) atoms. The lowest BCUT2D eigenvalue weighted by Crippen LogP contribution is -2.21. The monoisotopic (exact) mass is 185 g/mol. The first-order valence-corrected chi connectivity index (χ1v) is 5.76. The Morgan fingerprint density at radius 3 is 2.92 bits per heavy atom. The molecule has 1 atom stereocenters. The molecule has 1 fully saturated rings. The molecule has 0 aromatic carbocycles. The molecule has 1 N–H and O–H groups in total. The third-order valence-electron chi connectivity index (χ3n) is 2.62. The lowest BCUT2D eigenvalue weighted by Gasteiger charge is -2.09. The van der Waals surface area contributed by atoms with E-state index in [1.165, 1.54) is 45.1 Å². The molecule has 1 rings (SSSR count). The third-order valence-corrected chi connectivity index (χ3v) is 2.62. The van der Waals surface area contributed by atoms with Crippen LogP contribution < -0.4 is 5.32 Å². The van der Waals surface area contributed by atoms with Crippen LogP contribution in [0.2, 0.25) is 0 Å². The van der Waals surface area contributed by atoms with Crippen molar-refractivity contribution in [2.75, 3.05) is 19.7 Å². The third kappa shape index (κ3) is 5.27. The van der Waals surface area contributed by atoms with Crippen molar-refractivity contribution in [1.29, 1.82) is 0 Å². The topological polar surface area (TPSA) is 21.3 Å². The number of ether oxygens (including phenoxy) is 1. The van der Waals surface area contributed by atoms with E-state index in [1.807, 2.05) is 0 Å². The summed E-state index contributed by atoms with van der Waals surface area (Å²) in [5.41, 5.74) is 0. The van der Waals surface area contributed by atoms with Crippen LogP contribution in [0, 0.1) is 0 Å². The Hall–Kier alpha value is -0.0800. The Morgan fingerprint density at radius 1 is 1.31 bits per heavy atom. The average Bonchev–Trinajstić information content (AvgIpc) is 2.63. The van der Waals surface area contributed by atoms with E-state index in [2.05, 4.69) is 12.2 Å². The van der Waals surface area contributed by atoms with Gasteiger partial charge >= 0.3 is 0 Å². The molecule has 1 unspecified atom stereocenters. The number of hydrogen-bond donors (Lipinski definition) is 1. The Morgan fingerprint density at radius 2 is 2.23 bits per heavy atom. The number of nitrogens with one attached hydrogen (secondary N) is 1. The SMILES string of the molecule is CCCCCNCCC1CCCO1. The summed E-state index contributed by atoms with van der Waals surface area (Å²) in [6, 6.07) is 0. The number of hydrogen-bond acceptors (Lipinski definition) is 2. The van der Waals surface area contributed by atoms with Crippen LogP contribution in [-0.4, -0.2) is 25.8 Å². The molecule has 0 saturated carbocycles. The highest BCUT2D eigenvalue weighted by molar-refractivity contribution is 4.65. The molecule has 1 heterocycles. The quantitative estimate of drug-likeness (QED) is 0.615. The summed E-state index contributed by atoms with van der Waals surface area (Å²) in [4.78, 5) is 0. The molecular weight excluding hydrogens is 162 g/mol. The van der Waals surface area contributed by atoms with Crippen LogP contribution in [-0.2, 0) is 4.74 Å². The summed E-state index contributed by atoms with van der Waals surface area (Å²) in [5.74, 6) is 0. The molecule has 1 aliphatic heterocycles. The summed E-state index contributed by atoms with van der Waals surface area (Å²) in [6.07, 6.45) is 8.28. The predicted molar refractivity (Wildman–Crippen MR) is 56.0 cm³/mol. The van der Waals surface area contributed by atoms with Crippen molar-refractivity contribution in [2.45, 2.75) is 51.6 Å². The van der Waals surface area contributed by atoms with Gasteiger partial charge in [-0.2, -0.15) is 0 Å². The van der Waals surface area contributed by atoms with Gasteiger partial charge in [-0.1, -0.05) is 19.8 Å². The molecule has 0 radical (unpaired) electrons. The maximum absolute atomic E-state index is 5.54. The van der Waals surface area contributed by atoms with Gasteiger partial charge in [0, 0.05) is 6.61 Å². The van der Waals surface area contributed by atoms with Crippen molar-refractivity contribution in [2.24, 2.45) is 0 Å². The Labute approximate surface area is 82.0 Å². The number of unbranched alkanes of at least 4 members (excludes halogenated alkanes) is 2. The first-order chi connectivity index (χ1) is 6.43. The van der Waals surface area contributed by atoms with Crippen LogP contribution in [0.3, 0.4) is 0 Å². The van der Waals surface area contributed by atoms with Gasteiger partial charge < -0.3 is 10.1 Å². The van der Waals surface area contributed by atoms with Gasteiger partial charge in [-0.3, -0.25) is 0 Å². The summed E-state index contributed by atoms with van der Waals surface area (Å²) < 4.78 is 5.54. The van der Waals surface area contributed by atoms with Crippen LogP contribution in [0.5, 0.6) is 0 Å². The molecule has 0 bridgehead atoms. The van der Waals surface area contributed by atoms with Gasteiger partial charge in [0.15, 0.2) is 0 Å². The fraction of sp³-hybridized carbons (Fsp3) is 1.00. The fourth-order valence-corrected chi connectivity index (χ4v) is 1.76. The summed E-state index contributed by atoms with van der Waals surface area (Å²) in [7, 11) is 0. The molecule has 0 aliphatic carbocycles. The second kappa shape index (κ2) is 7.34. The molecule has 2 nitrogen and oxygen atoms in total. The minimum atomic E-state index is 0.554. The van der Waals surface area contributed by atoms with E-state index in [0.29, 0.717) is 6.10 Å². The molecule has 0 aromatic rings. The molecule has 0 spiro atoms. The molecule has 1 saturated heterocycles. The van der Waals surface area contributed by atoms with Gasteiger partial charge in [0.1, 0.15) is 0 Å². The maximum atomic E-state index is 5.54. The van der Waals surface area contributed by atoms with Gasteiger partial charge in [0.05, 0.1) is 6.10 Å². The Bertz CT molecular complexity index is 111. The smallest absolute Gasteiger partial charge is 0.0588 e. The van der Waals surface area contributed by atoms with Crippen LogP contribution in [0.25, 0.3) is 0 Å². The van der Waals surface area contributed by atoms with Crippen molar-refractivity contribution in [1.82, 2.24) is 5.32 Å². The maximum Gasteiger partial charge on any atom is 0.0588 e. The molecule has 0 amide bonds. The van der Waals surface area contributed by atoms with Gasteiger partial charge in [0.2, 0.25) is 0 Å². The van der Waals surface area contributed by atoms with Gasteiger partial charge in [-0.15, -0.1) is 0 Å². The first kappa shape index (κ1) is 11.0. The lowest BCUT2D eigenvalue weighted by atomic mass is 10.2. The summed E-state index contributed by atoms with van der Waals surface area (Å²) >= 11 is 0. The van der Waals surface area contributed by atoms with E-state index in [9.17, 15) is 0 Å². The van der Waals surface area contributed by atoms with Crippen LogP contribution in [0.4, 0.5) is 0 Å².